The minimum absolute atomic E-state index is 0.190. The van der Waals surface area contributed by atoms with Gasteiger partial charge in [0, 0.05) is 5.56 Å². The van der Waals surface area contributed by atoms with Crippen LogP contribution in [0.15, 0.2) is 30.3 Å². The van der Waals surface area contributed by atoms with E-state index < -0.39 is 15.7 Å². The van der Waals surface area contributed by atoms with Gasteiger partial charge in [-0.05, 0) is 6.92 Å². The van der Waals surface area contributed by atoms with Crippen molar-refractivity contribution in [3.63, 3.8) is 0 Å². The summed E-state index contributed by atoms with van der Waals surface area (Å²) in [7, 11) is -1.27. The molecule has 1 fully saturated rings. The van der Waals surface area contributed by atoms with Gasteiger partial charge < -0.3 is 4.74 Å². The molecule has 0 N–H and O–H groups in total. The fraction of sp³-hybridized carbons (Fsp3) is 0.364. The molecule has 0 radical (unpaired) electrons. The van der Waals surface area contributed by atoms with Crippen LogP contribution in [0.1, 0.15) is 12.5 Å². The van der Waals surface area contributed by atoms with Crippen LogP contribution in [0.2, 0.25) is 0 Å². The Labute approximate surface area is 90.9 Å². The van der Waals surface area contributed by atoms with E-state index in [2.05, 4.69) is 0 Å². The number of hydrogen-bond acceptors (Lipinski definition) is 3. The molecule has 0 amide bonds. The van der Waals surface area contributed by atoms with Crippen molar-refractivity contribution < 1.29 is 13.7 Å². The zero-order valence-electron chi connectivity index (χ0n) is 8.43. The average Bonchev–Trinajstić information content (AvgIpc) is 2.62. The molecule has 0 aromatic heterocycles. The number of ketones is 1. The Morgan fingerprint density at radius 2 is 2.07 bits per heavy atom. The Hall–Kier alpha value is -1.00. The van der Waals surface area contributed by atoms with E-state index in [9.17, 15) is 9.00 Å². The lowest BCUT2D eigenvalue weighted by atomic mass is 10.1. The van der Waals surface area contributed by atoms with Crippen LogP contribution in [0.5, 0.6) is 0 Å². The van der Waals surface area contributed by atoms with E-state index in [0.29, 0.717) is 17.9 Å². The Kier molecular flexibility index (Phi) is 2.71. The summed E-state index contributed by atoms with van der Waals surface area (Å²) < 4.78 is 17.4. The first kappa shape index (κ1) is 10.5. The molecule has 1 aromatic carbocycles. The zero-order valence-corrected chi connectivity index (χ0v) is 9.25. The van der Waals surface area contributed by atoms with Gasteiger partial charge in [-0.1, -0.05) is 30.3 Å². The van der Waals surface area contributed by atoms with E-state index in [1.807, 2.05) is 18.2 Å². The molecule has 1 aromatic rings. The first-order valence-corrected chi connectivity index (χ1v) is 6.09. The van der Waals surface area contributed by atoms with Gasteiger partial charge in [0.05, 0.1) is 23.2 Å². The van der Waals surface area contributed by atoms with Gasteiger partial charge in [-0.2, -0.15) is 0 Å². The van der Waals surface area contributed by atoms with Crippen molar-refractivity contribution in [2.45, 2.75) is 11.9 Å². The van der Waals surface area contributed by atoms with Crippen LogP contribution in [-0.4, -0.2) is 22.4 Å². The van der Waals surface area contributed by atoms with Gasteiger partial charge >= 0.3 is 0 Å². The van der Waals surface area contributed by atoms with Gasteiger partial charge in [-0.3, -0.25) is 9.00 Å². The lowest BCUT2D eigenvalue weighted by molar-refractivity contribution is -0.130. The second kappa shape index (κ2) is 3.87. The third kappa shape index (κ3) is 1.54. The van der Waals surface area contributed by atoms with Gasteiger partial charge in [0.15, 0.2) is 5.78 Å². The number of Topliss-reactive ketones (excluding diaryl/α,β-unsaturated/α-hetero) is 1. The second-order valence-electron chi connectivity index (χ2n) is 3.44. The van der Waals surface area contributed by atoms with Gasteiger partial charge in [0.2, 0.25) is 4.93 Å². The third-order valence-corrected chi connectivity index (χ3v) is 4.33. The van der Waals surface area contributed by atoms with Crippen molar-refractivity contribution in [1.82, 2.24) is 0 Å². The lowest BCUT2D eigenvalue weighted by Gasteiger charge is -2.24. The van der Waals surface area contributed by atoms with Crippen LogP contribution in [0.3, 0.4) is 0 Å². The topological polar surface area (TPSA) is 43.4 Å². The highest BCUT2D eigenvalue weighted by molar-refractivity contribution is 7.86. The molecule has 80 valence electrons. The molecule has 2 atom stereocenters. The van der Waals surface area contributed by atoms with Crippen molar-refractivity contribution in [1.29, 1.82) is 0 Å². The van der Waals surface area contributed by atoms with E-state index in [1.54, 1.807) is 12.1 Å². The van der Waals surface area contributed by atoms with Gasteiger partial charge in [0.25, 0.3) is 0 Å². The summed E-state index contributed by atoms with van der Waals surface area (Å²) in [6, 6.07) is 9.06. The number of rotatable bonds is 2. The first-order chi connectivity index (χ1) is 7.18. The maximum absolute atomic E-state index is 11.9. The largest absolute Gasteiger partial charge is 0.350 e. The third-order valence-electron chi connectivity index (χ3n) is 2.51. The fourth-order valence-corrected chi connectivity index (χ4v) is 3.26. The molecule has 15 heavy (non-hydrogen) atoms. The quantitative estimate of drug-likeness (QED) is 0.758. The monoisotopic (exact) mass is 224 g/mol. The van der Waals surface area contributed by atoms with Crippen LogP contribution >= 0.6 is 0 Å². The molecule has 0 saturated carbocycles. The van der Waals surface area contributed by atoms with Crippen molar-refractivity contribution in [2.24, 2.45) is 0 Å². The van der Waals surface area contributed by atoms with Gasteiger partial charge in [-0.15, -0.1) is 0 Å². The smallest absolute Gasteiger partial charge is 0.226 e. The molecule has 1 aliphatic rings. The Bertz CT molecular complexity index is 402. The predicted molar refractivity (Wildman–Crippen MR) is 57.8 cm³/mol. The molecule has 0 spiro atoms. The number of ether oxygens (including phenoxy) is 1. The number of hydrogen-bond donors (Lipinski definition) is 0. The second-order valence-corrected chi connectivity index (χ2v) is 5.11. The van der Waals surface area contributed by atoms with Crippen molar-refractivity contribution in [2.75, 3.05) is 12.4 Å². The number of benzene rings is 1. The summed E-state index contributed by atoms with van der Waals surface area (Å²) in [6.07, 6.45) is 0. The summed E-state index contributed by atoms with van der Waals surface area (Å²) >= 11 is 0. The minimum Gasteiger partial charge on any atom is -0.350 e. The van der Waals surface area contributed by atoms with Crippen LogP contribution in [-0.2, 0) is 25.3 Å². The SMILES string of the molecule is CC(=O)[C@@]1(c2ccccc2)OCCS1=O. The first-order valence-electron chi connectivity index (χ1n) is 4.77. The Morgan fingerprint density at radius 3 is 2.53 bits per heavy atom. The van der Waals surface area contributed by atoms with Gasteiger partial charge in [0.1, 0.15) is 0 Å². The van der Waals surface area contributed by atoms with E-state index in [1.165, 1.54) is 6.92 Å². The molecule has 3 nitrogen and oxygen atoms in total. The van der Waals surface area contributed by atoms with E-state index >= 15 is 0 Å². The molecular weight excluding hydrogens is 212 g/mol. The zero-order chi connectivity index (χ0) is 10.9. The predicted octanol–water partition coefficient (Wildman–Crippen LogP) is 1.21. The molecule has 1 unspecified atom stereocenters. The molecular formula is C11H12O3S. The molecule has 0 aliphatic carbocycles. The van der Waals surface area contributed by atoms with Gasteiger partial charge in [-0.25, -0.2) is 0 Å². The standard InChI is InChI=1S/C11H12O3S/c1-9(12)11(14-7-8-15(11)13)10-5-3-2-4-6-10/h2-6H,7-8H2,1H3/t11-,15?/m1/s1. The average molecular weight is 224 g/mol. The highest BCUT2D eigenvalue weighted by Crippen LogP contribution is 2.35. The molecule has 2 rings (SSSR count). The highest BCUT2D eigenvalue weighted by atomic mass is 32.2. The van der Waals surface area contributed by atoms with Crippen molar-refractivity contribution in [3.05, 3.63) is 35.9 Å². The summed E-state index contributed by atoms with van der Waals surface area (Å²) in [5.41, 5.74) is 0.688. The summed E-state index contributed by atoms with van der Waals surface area (Å²) in [5, 5.41) is 0. The molecule has 0 bridgehead atoms. The molecule has 4 heteroatoms. The normalized spacial score (nSPS) is 30.3. The highest BCUT2D eigenvalue weighted by Gasteiger charge is 2.48. The van der Waals surface area contributed by atoms with E-state index in [4.69, 9.17) is 4.74 Å². The van der Waals surface area contributed by atoms with Crippen molar-refractivity contribution >= 4 is 16.6 Å². The van der Waals surface area contributed by atoms with Crippen LogP contribution < -0.4 is 0 Å². The van der Waals surface area contributed by atoms with Crippen LogP contribution in [0.4, 0.5) is 0 Å². The fourth-order valence-electron chi connectivity index (χ4n) is 1.81. The maximum atomic E-state index is 11.9. The summed E-state index contributed by atoms with van der Waals surface area (Å²) in [6.45, 7) is 1.80. The van der Waals surface area contributed by atoms with Crippen LogP contribution in [0, 0.1) is 0 Å². The molecule has 1 saturated heterocycles. The summed E-state index contributed by atoms with van der Waals surface area (Å²) in [5.74, 6) is 0.235. The lowest BCUT2D eigenvalue weighted by Crippen LogP contribution is -2.37. The van der Waals surface area contributed by atoms with E-state index in [0.717, 1.165) is 0 Å². The van der Waals surface area contributed by atoms with Crippen LogP contribution in [0.25, 0.3) is 0 Å². The van der Waals surface area contributed by atoms with E-state index in [-0.39, 0.29) is 5.78 Å². The number of carbonyl (C=O) groups excluding carboxylic acids is 1. The number of carbonyl (C=O) groups is 1. The summed E-state index contributed by atoms with van der Waals surface area (Å²) in [4.78, 5) is 10.4. The Balaban J connectivity index is 2.53. The maximum Gasteiger partial charge on any atom is 0.226 e. The molecule has 1 aliphatic heterocycles. The minimum atomic E-state index is -1.27. The Morgan fingerprint density at radius 1 is 1.40 bits per heavy atom. The molecule has 1 heterocycles. The van der Waals surface area contributed by atoms with Crippen molar-refractivity contribution in [3.8, 4) is 0 Å².